The van der Waals surface area contributed by atoms with Gasteiger partial charge in [-0.05, 0) is 63.9 Å². The highest BCUT2D eigenvalue weighted by Gasteiger charge is 2.58. The van der Waals surface area contributed by atoms with Crippen molar-refractivity contribution in [2.45, 2.75) is 45.6 Å². The Morgan fingerprint density at radius 1 is 1.40 bits per heavy atom. The van der Waals surface area contributed by atoms with Gasteiger partial charge in [-0.1, -0.05) is 13.8 Å². The number of hydrogen-bond donors (Lipinski definition) is 1. The molecule has 0 spiro atoms. The van der Waals surface area contributed by atoms with E-state index in [-0.39, 0.29) is 11.6 Å². The molecule has 1 atom stereocenters. The van der Waals surface area contributed by atoms with Gasteiger partial charge < -0.3 is 14.7 Å². The molecule has 136 valence electrons. The Labute approximate surface area is 149 Å². The van der Waals surface area contributed by atoms with Crippen molar-refractivity contribution >= 4 is 5.69 Å². The minimum atomic E-state index is -1.18. The van der Waals surface area contributed by atoms with Gasteiger partial charge >= 0.3 is 0 Å². The van der Waals surface area contributed by atoms with Crippen molar-refractivity contribution in [2.24, 2.45) is 11.3 Å². The van der Waals surface area contributed by atoms with E-state index in [0.717, 1.165) is 25.9 Å². The summed E-state index contributed by atoms with van der Waals surface area (Å²) in [6.45, 7) is 15.5. The standard InChI is InChI=1S/C20H27FN2O2/c1-6-25-18-16(22-4)11-15(21)14-12-19(2,3)20(24,17(14)18)13-7-9-23(5)10-8-13/h11,13,24H,6-10,12H2,1-3,5H3. The summed E-state index contributed by atoms with van der Waals surface area (Å²) in [6.07, 6.45) is 2.16. The number of hydrogen-bond acceptors (Lipinski definition) is 3. The first-order valence-electron chi connectivity index (χ1n) is 9.03. The maximum Gasteiger partial charge on any atom is 0.231 e. The Morgan fingerprint density at radius 2 is 2.04 bits per heavy atom. The fraction of sp³-hybridized carbons (Fsp3) is 0.650. The van der Waals surface area contributed by atoms with Gasteiger partial charge in [0.05, 0.1) is 13.2 Å². The molecule has 0 aromatic heterocycles. The van der Waals surface area contributed by atoms with Crippen molar-refractivity contribution in [2.75, 3.05) is 26.7 Å². The van der Waals surface area contributed by atoms with Gasteiger partial charge in [-0.2, -0.15) is 0 Å². The molecule has 1 aliphatic carbocycles. The SMILES string of the molecule is [C-]#[N+]c1cc(F)c2c(c1OCC)C(O)(C1CCN(C)CC1)C(C)(C)C2. The molecule has 0 bridgehead atoms. The van der Waals surface area contributed by atoms with E-state index in [1.807, 2.05) is 20.8 Å². The Morgan fingerprint density at radius 3 is 2.60 bits per heavy atom. The van der Waals surface area contributed by atoms with Crippen LogP contribution in [0.1, 0.15) is 44.7 Å². The highest BCUT2D eigenvalue weighted by atomic mass is 19.1. The summed E-state index contributed by atoms with van der Waals surface area (Å²) in [7, 11) is 2.08. The molecule has 1 unspecified atom stereocenters. The van der Waals surface area contributed by atoms with Crippen LogP contribution < -0.4 is 4.74 Å². The minimum absolute atomic E-state index is 0.0274. The van der Waals surface area contributed by atoms with Crippen LogP contribution in [-0.2, 0) is 12.0 Å². The molecular weight excluding hydrogens is 319 g/mol. The number of rotatable bonds is 3. The first kappa shape index (κ1) is 18.2. The van der Waals surface area contributed by atoms with E-state index in [1.165, 1.54) is 6.07 Å². The number of likely N-dealkylation sites (tertiary alicyclic amines) is 1. The molecule has 1 N–H and O–H groups in total. The van der Waals surface area contributed by atoms with Crippen LogP contribution in [0.3, 0.4) is 0 Å². The molecule has 0 radical (unpaired) electrons. The third-order valence-electron chi connectivity index (χ3n) is 6.06. The summed E-state index contributed by atoms with van der Waals surface area (Å²) < 4.78 is 20.5. The van der Waals surface area contributed by atoms with Crippen LogP contribution in [0.4, 0.5) is 10.1 Å². The molecule has 1 heterocycles. The molecule has 1 saturated heterocycles. The van der Waals surface area contributed by atoms with Gasteiger partial charge in [0, 0.05) is 11.0 Å². The summed E-state index contributed by atoms with van der Waals surface area (Å²) in [6, 6.07) is 1.26. The Bertz CT molecular complexity index is 717. The van der Waals surface area contributed by atoms with E-state index >= 15 is 0 Å². The van der Waals surface area contributed by atoms with E-state index in [0.29, 0.717) is 29.9 Å². The molecule has 3 rings (SSSR count). The molecule has 2 aliphatic rings. The molecule has 25 heavy (non-hydrogen) atoms. The van der Waals surface area contributed by atoms with E-state index in [9.17, 15) is 9.50 Å². The second-order valence-corrected chi connectivity index (χ2v) is 8.01. The zero-order valence-electron chi connectivity index (χ0n) is 15.5. The van der Waals surface area contributed by atoms with Crippen molar-refractivity contribution in [3.63, 3.8) is 0 Å². The first-order valence-corrected chi connectivity index (χ1v) is 9.03. The lowest BCUT2D eigenvalue weighted by molar-refractivity contribution is -0.122. The molecule has 0 amide bonds. The van der Waals surface area contributed by atoms with Crippen LogP contribution >= 0.6 is 0 Å². The predicted molar refractivity (Wildman–Crippen MR) is 95.4 cm³/mol. The molecule has 1 fully saturated rings. The number of halogens is 1. The highest BCUT2D eigenvalue weighted by molar-refractivity contribution is 5.67. The molecule has 1 aromatic rings. The maximum atomic E-state index is 14.8. The molecule has 5 heteroatoms. The third kappa shape index (κ3) is 2.63. The first-order chi connectivity index (χ1) is 11.8. The number of piperidine rings is 1. The van der Waals surface area contributed by atoms with E-state index in [1.54, 1.807) is 0 Å². The van der Waals surface area contributed by atoms with Gasteiger partial charge in [0.15, 0.2) is 0 Å². The second kappa shape index (κ2) is 6.26. The third-order valence-corrected chi connectivity index (χ3v) is 6.06. The van der Waals surface area contributed by atoms with Crippen LogP contribution in [-0.4, -0.2) is 36.8 Å². The van der Waals surface area contributed by atoms with Crippen molar-refractivity contribution in [1.82, 2.24) is 4.90 Å². The average molecular weight is 346 g/mol. The van der Waals surface area contributed by atoms with Crippen LogP contribution in [0.15, 0.2) is 6.07 Å². The van der Waals surface area contributed by atoms with E-state index in [4.69, 9.17) is 11.3 Å². The van der Waals surface area contributed by atoms with Crippen molar-refractivity contribution < 1.29 is 14.2 Å². The number of ether oxygens (including phenoxy) is 1. The summed E-state index contributed by atoms with van der Waals surface area (Å²) in [5, 5.41) is 12.0. The van der Waals surface area contributed by atoms with Crippen LogP contribution in [0, 0.1) is 23.7 Å². The van der Waals surface area contributed by atoms with E-state index < -0.39 is 16.8 Å². The topological polar surface area (TPSA) is 37.1 Å². The smallest absolute Gasteiger partial charge is 0.231 e. The number of fused-ring (bicyclic) bond motifs is 1. The Hall–Kier alpha value is -1.64. The molecule has 1 aromatic carbocycles. The Kier molecular flexibility index (Phi) is 4.55. The fourth-order valence-electron chi connectivity index (χ4n) is 4.70. The fourth-order valence-corrected chi connectivity index (χ4v) is 4.70. The summed E-state index contributed by atoms with van der Waals surface area (Å²) in [5.41, 5.74) is -0.497. The maximum absolute atomic E-state index is 14.8. The molecule has 1 aliphatic heterocycles. The lowest BCUT2D eigenvalue weighted by atomic mass is 9.65. The summed E-state index contributed by atoms with van der Waals surface area (Å²) in [4.78, 5) is 5.72. The minimum Gasteiger partial charge on any atom is -0.504 e. The van der Waals surface area contributed by atoms with E-state index in [2.05, 4.69) is 16.8 Å². The zero-order valence-corrected chi connectivity index (χ0v) is 15.5. The van der Waals surface area contributed by atoms with Gasteiger partial charge in [0.1, 0.15) is 17.2 Å². The van der Waals surface area contributed by atoms with Gasteiger partial charge in [-0.25, -0.2) is 9.24 Å². The quantitative estimate of drug-likeness (QED) is 0.844. The molecule has 0 saturated carbocycles. The van der Waals surface area contributed by atoms with Crippen molar-refractivity contribution in [1.29, 1.82) is 0 Å². The van der Waals surface area contributed by atoms with Gasteiger partial charge in [0.25, 0.3) is 0 Å². The lowest BCUT2D eigenvalue weighted by Crippen LogP contribution is -2.49. The van der Waals surface area contributed by atoms with Crippen LogP contribution in [0.2, 0.25) is 0 Å². The molecular formula is C20H27FN2O2. The average Bonchev–Trinajstić information content (AvgIpc) is 2.79. The normalized spacial score (nSPS) is 26.3. The zero-order chi connectivity index (χ0) is 18.4. The number of nitrogens with zero attached hydrogens (tertiary/aromatic N) is 2. The van der Waals surface area contributed by atoms with Crippen LogP contribution in [0.5, 0.6) is 5.75 Å². The number of aliphatic hydroxyl groups is 1. The van der Waals surface area contributed by atoms with Crippen molar-refractivity contribution in [3.05, 3.63) is 34.4 Å². The monoisotopic (exact) mass is 346 g/mol. The van der Waals surface area contributed by atoms with Gasteiger partial charge in [0.2, 0.25) is 5.69 Å². The number of benzene rings is 1. The second-order valence-electron chi connectivity index (χ2n) is 8.01. The Balaban J connectivity index is 2.22. The van der Waals surface area contributed by atoms with Crippen LogP contribution in [0.25, 0.3) is 4.85 Å². The lowest BCUT2D eigenvalue weighted by Gasteiger charge is -2.47. The van der Waals surface area contributed by atoms with Gasteiger partial charge in [-0.15, -0.1) is 0 Å². The largest absolute Gasteiger partial charge is 0.504 e. The predicted octanol–water partition coefficient (Wildman–Crippen LogP) is 3.89. The van der Waals surface area contributed by atoms with Crippen molar-refractivity contribution in [3.8, 4) is 5.75 Å². The highest BCUT2D eigenvalue weighted by Crippen LogP contribution is 2.60. The van der Waals surface area contributed by atoms with Gasteiger partial charge in [-0.3, -0.25) is 0 Å². The summed E-state index contributed by atoms with van der Waals surface area (Å²) >= 11 is 0. The summed E-state index contributed by atoms with van der Waals surface area (Å²) in [5.74, 6) is 0.00169. The molecule has 4 nitrogen and oxygen atoms in total.